The molecule has 0 saturated heterocycles. The first-order valence-corrected chi connectivity index (χ1v) is 7.04. The van der Waals surface area contributed by atoms with Gasteiger partial charge < -0.3 is 10.1 Å². The number of rotatable bonds is 5. The Hall–Kier alpha value is -2.10. The zero-order chi connectivity index (χ0) is 13.8. The molecule has 3 rings (SSSR count). The average molecular weight is 269 g/mol. The molecule has 1 saturated carbocycles. The number of hydrogen-bond acceptors (Lipinski definition) is 4. The highest BCUT2D eigenvalue weighted by molar-refractivity contribution is 5.38. The summed E-state index contributed by atoms with van der Waals surface area (Å²) in [7, 11) is 1.68. The number of methoxy groups -OCH3 is 1. The minimum Gasteiger partial charge on any atom is -0.497 e. The second-order valence-electron chi connectivity index (χ2n) is 5.16. The van der Waals surface area contributed by atoms with Crippen LogP contribution in [0.5, 0.6) is 5.75 Å². The van der Waals surface area contributed by atoms with Crippen LogP contribution in [0.25, 0.3) is 0 Å². The summed E-state index contributed by atoms with van der Waals surface area (Å²) in [5, 5.41) is 3.35. The Kier molecular flexibility index (Phi) is 3.81. The predicted octanol–water partition coefficient (Wildman–Crippen LogP) is 3.36. The zero-order valence-corrected chi connectivity index (χ0v) is 11.7. The van der Waals surface area contributed by atoms with Gasteiger partial charge in [0.15, 0.2) is 0 Å². The van der Waals surface area contributed by atoms with E-state index < -0.39 is 0 Å². The molecular formula is C16H19N3O. The van der Waals surface area contributed by atoms with Crippen molar-refractivity contribution >= 4 is 5.82 Å². The molecule has 0 spiro atoms. The molecule has 0 amide bonds. The van der Waals surface area contributed by atoms with Gasteiger partial charge in [0.2, 0.25) is 0 Å². The van der Waals surface area contributed by atoms with Gasteiger partial charge in [-0.25, -0.2) is 9.97 Å². The molecule has 0 aliphatic heterocycles. The Labute approximate surface area is 119 Å². The molecule has 1 aliphatic carbocycles. The van der Waals surface area contributed by atoms with E-state index in [1.807, 2.05) is 12.1 Å². The van der Waals surface area contributed by atoms with Gasteiger partial charge in [-0.15, -0.1) is 0 Å². The van der Waals surface area contributed by atoms with E-state index in [1.54, 1.807) is 13.4 Å². The maximum atomic E-state index is 5.15. The van der Waals surface area contributed by atoms with Crippen LogP contribution in [0, 0.1) is 0 Å². The first-order valence-electron chi connectivity index (χ1n) is 7.04. The van der Waals surface area contributed by atoms with E-state index in [2.05, 4.69) is 33.5 Å². The van der Waals surface area contributed by atoms with Gasteiger partial charge in [0, 0.05) is 24.2 Å². The van der Waals surface area contributed by atoms with Crippen molar-refractivity contribution in [1.29, 1.82) is 0 Å². The van der Waals surface area contributed by atoms with Crippen molar-refractivity contribution in [1.82, 2.24) is 9.97 Å². The third kappa shape index (κ3) is 2.90. The smallest absolute Gasteiger partial charge is 0.129 e. The maximum absolute atomic E-state index is 5.15. The minimum atomic E-state index is 0.638. The van der Waals surface area contributed by atoms with Crippen LogP contribution >= 0.6 is 0 Å². The van der Waals surface area contributed by atoms with Gasteiger partial charge in [-0.1, -0.05) is 18.6 Å². The highest BCUT2D eigenvalue weighted by Crippen LogP contribution is 2.35. The van der Waals surface area contributed by atoms with Crippen LogP contribution in [-0.2, 0) is 6.54 Å². The second kappa shape index (κ2) is 5.90. The molecule has 1 aromatic heterocycles. The normalized spacial score (nSPS) is 14.7. The maximum Gasteiger partial charge on any atom is 0.129 e. The number of hydrogen-bond donors (Lipinski definition) is 1. The third-order valence-electron chi connectivity index (χ3n) is 3.84. The summed E-state index contributed by atoms with van der Waals surface area (Å²) in [6, 6.07) is 10.1. The lowest BCUT2D eigenvalue weighted by Gasteiger charge is -2.24. The fraction of sp³-hybridized carbons (Fsp3) is 0.375. The number of benzene rings is 1. The predicted molar refractivity (Wildman–Crippen MR) is 78.9 cm³/mol. The van der Waals surface area contributed by atoms with E-state index in [4.69, 9.17) is 4.74 Å². The number of nitrogens with one attached hydrogen (secondary N) is 1. The molecule has 4 heteroatoms. The number of ether oxygens (including phenoxy) is 1. The number of nitrogens with zero attached hydrogens (tertiary/aromatic N) is 2. The molecule has 1 aromatic carbocycles. The van der Waals surface area contributed by atoms with Gasteiger partial charge in [-0.3, -0.25) is 0 Å². The number of anilines is 1. The van der Waals surface area contributed by atoms with Crippen molar-refractivity contribution in [2.75, 3.05) is 12.4 Å². The lowest BCUT2D eigenvalue weighted by Crippen LogP contribution is -2.11. The van der Waals surface area contributed by atoms with Gasteiger partial charge in [0.1, 0.15) is 17.9 Å². The van der Waals surface area contributed by atoms with Gasteiger partial charge >= 0.3 is 0 Å². The van der Waals surface area contributed by atoms with E-state index in [-0.39, 0.29) is 0 Å². The van der Waals surface area contributed by atoms with E-state index in [0.717, 1.165) is 18.1 Å². The molecule has 2 aromatic rings. The topological polar surface area (TPSA) is 47.0 Å². The fourth-order valence-electron chi connectivity index (χ4n) is 2.33. The second-order valence-corrected chi connectivity index (χ2v) is 5.16. The molecule has 0 atom stereocenters. The molecule has 4 nitrogen and oxygen atoms in total. The SMILES string of the molecule is COc1ccc(CNc2cc(C3CCC3)ncn2)cc1. The van der Waals surface area contributed by atoms with Crippen LogP contribution in [0.1, 0.15) is 36.4 Å². The summed E-state index contributed by atoms with van der Waals surface area (Å²) in [4.78, 5) is 8.65. The summed E-state index contributed by atoms with van der Waals surface area (Å²) in [6.07, 6.45) is 5.50. The molecule has 1 aliphatic rings. The molecule has 20 heavy (non-hydrogen) atoms. The van der Waals surface area contributed by atoms with Gasteiger partial charge in [0.25, 0.3) is 0 Å². The molecular weight excluding hydrogens is 250 g/mol. The summed E-state index contributed by atoms with van der Waals surface area (Å²) in [5.41, 5.74) is 2.37. The van der Waals surface area contributed by atoms with Gasteiger partial charge in [0.05, 0.1) is 7.11 Å². The first kappa shape index (κ1) is 12.9. The largest absolute Gasteiger partial charge is 0.497 e. The highest BCUT2D eigenvalue weighted by atomic mass is 16.5. The van der Waals surface area contributed by atoms with Crippen LogP contribution in [-0.4, -0.2) is 17.1 Å². The molecule has 104 valence electrons. The molecule has 1 N–H and O–H groups in total. The van der Waals surface area contributed by atoms with Crippen LogP contribution < -0.4 is 10.1 Å². The molecule has 0 radical (unpaired) electrons. The molecule has 0 unspecified atom stereocenters. The van der Waals surface area contributed by atoms with Gasteiger partial charge in [-0.2, -0.15) is 0 Å². The fourth-order valence-corrected chi connectivity index (χ4v) is 2.33. The van der Waals surface area contributed by atoms with Crippen molar-refractivity contribution in [3.05, 3.63) is 47.9 Å². The highest BCUT2D eigenvalue weighted by Gasteiger charge is 2.20. The molecule has 0 bridgehead atoms. The Morgan fingerprint density at radius 2 is 2.00 bits per heavy atom. The Morgan fingerprint density at radius 1 is 1.20 bits per heavy atom. The van der Waals surface area contributed by atoms with Crippen molar-refractivity contribution < 1.29 is 4.74 Å². The molecule has 1 fully saturated rings. The lowest BCUT2D eigenvalue weighted by atomic mass is 9.83. The minimum absolute atomic E-state index is 0.638. The van der Waals surface area contributed by atoms with E-state index in [1.165, 1.54) is 30.5 Å². The van der Waals surface area contributed by atoms with Crippen LogP contribution in [0.2, 0.25) is 0 Å². The first-order chi connectivity index (χ1) is 9.85. The monoisotopic (exact) mass is 269 g/mol. The standard InChI is InChI=1S/C16H19N3O/c1-20-14-7-5-12(6-8-14)10-17-16-9-15(18-11-19-16)13-3-2-4-13/h5-9,11,13H,2-4,10H2,1H3,(H,17,18,19). The molecule has 1 heterocycles. The summed E-state index contributed by atoms with van der Waals surface area (Å²) >= 11 is 0. The average Bonchev–Trinajstić information content (AvgIpc) is 2.44. The Balaban J connectivity index is 1.62. The summed E-state index contributed by atoms with van der Waals surface area (Å²) < 4.78 is 5.15. The zero-order valence-electron chi connectivity index (χ0n) is 11.7. The van der Waals surface area contributed by atoms with Crippen LogP contribution in [0.3, 0.4) is 0 Å². The van der Waals surface area contributed by atoms with Crippen molar-refractivity contribution in [3.8, 4) is 5.75 Å². The van der Waals surface area contributed by atoms with Crippen molar-refractivity contribution in [2.45, 2.75) is 31.7 Å². The van der Waals surface area contributed by atoms with E-state index in [0.29, 0.717) is 5.92 Å². The Morgan fingerprint density at radius 3 is 2.65 bits per heavy atom. The van der Waals surface area contributed by atoms with E-state index >= 15 is 0 Å². The third-order valence-corrected chi connectivity index (χ3v) is 3.84. The van der Waals surface area contributed by atoms with Crippen LogP contribution in [0.15, 0.2) is 36.7 Å². The summed E-state index contributed by atoms with van der Waals surface area (Å²) in [6.45, 7) is 0.755. The quantitative estimate of drug-likeness (QED) is 0.904. The van der Waals surface area contributed by atoms with Gasteiger partial charge in [-0.05, 0) is 30.5 Å². The van der Waals surface area contributed by atoms with Crippen molar-refractivity contribution in [3.63, 3.8) is 0 Å². The van der Waals surface area contributed by atoms with E-state index in [9.17, 15) is 0 Å². The lowest BCUT2D eigenvalue weighted by molar-refractivity contribution is 0.410. The van der Waals surface area contributed by atoms with Crippen molar-refractivity contribution in [2.24, 2.45) is 0 Å². The Bertz CT molecular complexity index is 564. The number of aromatic nitrogens is 2. The van der Waals surface area contributed by atoms with Crippen LogP contribution in [0.4, 0.5) is 5.82 Å². The summed E-state index contributed by atoms with van der Waals surface area (Å²) in [5.74, 6) is 2.42.